The van der Waals surface area contributed by atoms with E-state index in [1.807, 2.05) is 38.4 Å². The van der Waals surface area contributed by atoms with Gasteiger partial charge in [0.15, 0.2) is 0 Å². The van der Waals surface area contributed by atoms with Crippen LogP contribution in [0, 0.1) is 6.92 Å². The van der Waals surface area contributed by atoms with Gasteiger partial charge >= 0.3 is 0 Å². The number of hydrogen-bond acceptors (Lipinski definition) is 2. The molecule has 2 aromatic rings. The molecule has 4 heteroatoms. The highest BCUT2D eigenvalue weighted by atomic mass is 79.9. The molecule has 0 radical (unpaired) electrons. The summed E-state index contributed by atoms with van der Waals surface area (Å²) in [5.74, 6) is 0. The first-order valence-electron chi connectivity index (χ1n) is 5.56. The molecule has 0 bridgehead atoms. The van der Waals surface area contributed by atoms with Crippen molar-refractivity contribution in [3.8, 4) is 0 Å². The van der Waals surface area contributed by atoms with Gasteiger partial charge in [0.2, 0.25) is 0 Å². The highest BCUT2D eigenvalue weighted by Gasteiger charge is 2.04. The third kappa shape index (κ3) is 2.76. The van der Waals surface area contributed by atoms with Crippen LogP contribution in [0.2, 0.25) is 0 Å². The van der Waals surface area contributed by atoms with E-state index in [4.69, 9.17) is 0 Å². The number of hydrogen-bond donors (Lipinski definition) is 0. The van der Waals surface area contributed by atoms with Crippen LogP contribution in [0.25, 0.3) is 0 Å². The molecule has 1 aromatic carbocycles. The highest BCUT2D eigenvalue weighted by molar-refractivity contribution is 9.10. The number of nitrogens with zero attached hydrogens (tertiary/aromatic N) is 3. The van der Waals surface area contributed by atoms with Gasteiger partial charge < -0.3 is 0 Å². The molecule has 0 spiro atoms. The Bertz CT molecular complexity index is 611. The van der Waals surface area contributed by atoms with Crippen LogP contribution in [0.15, 0.2) is 52.7 Å². The van der Waals surface area contributed by atoms with E-state index in [9.17, 15) is 0 Å². The molecule has 1 heterocycles. The first kappa shape index (κ1) is 12.8. The molecule has 0 aliphatic heterocycles. The number of aromatic nitrogens is 2. The quantitative estimate of drug-likeness (QED) is 0.793. The summed E-state index contributed by atoms with van der Waals surface area (Å²) in [7, 11) is 1.88. The third-order valence-corrected chi connectivity index (χ3v) is 3.10. The zero-order valence-corrected chi connectivity index (χ0v) is 12.0. The van der Waals surface area contributed by atoms with Crippen LogP contribution in [0.4, 0.5) is 5.69 Å². The van der Waals surface area contributed by atoms with Crippen molar-refractivity contribution in [1.29, 1.82) is 0 Å². The topological polar surface area (TPSA) is 30.2 Å². The summed E-state index contributed by atoms with van der Waals surface area (Å²) in [5.41, 5.74) is 3.85. The smallest absolute Gasteiger partial charge is 0.0735 e. The van der Waals surface area contributed by atoms with E-state index in [1.54, 1.807) is 17.0 Å². The lowest BCUT2D eigenvalue weighted by Gasteiger charge is -2.03. The Balaban J connectivity index is 2.46. The van der Waals surface area contributed by atoms with Gasteiger partial charge in [-0.25, -0.2) is 4.99 Å². The van der Waals surface area contributed by atoms with Gasteiger partial charge in [0, 0.05) is 23.3 Å². The van der Waals surface area contributed by atoms with E-state index in [0.29, 0.717) is 0 Å². The summed E-state index contributed by atoms with van der Waals surface area (Å²) in [6.07, 6.45) is 5.46. The van der Waals surface area contributed by atoms with Gasteiger partial charge in [-0.15, -0.1) is 0 Å². The summed E-state index contributed by atoms with van der Waals surface area (Å²) in [6, 6.07) is 6.04. The molecule has 0 atom stereocenters. The summed E-state index contributed by atoms with van der Waals surface area (Å²) < 4.78 is 2.77. The molecule has 0 aliphatic carbocycles. The van der Waals surface area contributed by atoms with E-state index in [0.717, 1.165) is 27.0 Å². The van der Waals surface area contributed by atoms with E-state index < -0.39 is 0 Å². The average Bonchev–Trinajstić information content (AvgIpc) is 2.77. The van der Waals surface area contributed by atoms with E-state index in [1.165, 1.54) is 0 Å². The van der Waals surface area contributed by atoms with Crippen LogP contribution in [-0.2, 0) is 7.05 Å². The summed E-state index contributed by atoms with van der Waals surface area (Å²) in [4.78, 5) is 4.64. The van der Waals surface area contributed by atoms with Crippen molar-refractivity contribution in [2.45, 2.75) is 6.92 Å². The minimum absolute atomic E-state index is 0.823. The molecule has 0 saturated heterocycles. The number of allylic oxidation sites excluding steroid dienone is 1. The Morgan fingerprint density at radius 1 is 1.50 bits per heavy atom. The van der Waals surface area contributed by atoms with Crippen LogP contribution in [-0.4, -0.2) is 15.5 Å². The number of benzene rings is 1. The second-order valence-electron chi connectivity index (χ2n) is 4.03. The standard InChI is InChI=1S/C14H14BrN3/c1-4-13(11-8-16-18(3)9-11)17-14-7-12(15)6-5-10(14)2/h4-9H,1H2,2-3H3. The largest absolute Gasteiger partial charge is 0.275 e. The van der Waals surface area contributed by atoms with Crippen molar-refractivity contribution in [2.24, 2.45) is 12.0 Å². The molecule has 3 nitrogen and oxygen atoms in total. The third-order valence-electron chi connectivity index (χ3n) is 2.61. The minimum atomic E-state index is 0.823. The van der Waals surface area contributed by atoms with E-state index in [2.05, 4.69) is 32.6 Å². The molecule has 0 amide bonds. The summed E-state index contributed by atoms with van der Waals surface area (Å²) >= 11 is 3.46. The molecule has 92 valence electrons. The fourth-order valence-corrected chi connectivity index (χ4v) is 1.96. The number of halogens is 1. The predicted molar refractivity (Wildman–Crippen MR) is 78.5 cm³/mol. The molecule has 1 aromatic heterocycles. The lowest BCUT2D eigenvalue weighted by Crippen LogP contribution is -1.94. The maximum atomic E-state index is 4.64. The lowest BCUT2D eigenvalue weighted by molar-refractivity contribution is 0.767. The zero-order valence-electron chi connectivity index (χ0n) is 10.4. The van der Waals surface area contributed by atoms with Gasteiger partial charge in [-0.1, -0.05) is 28.6 Å². The molecule has 0 N–H and O–H groups in total. The molecule has 0 fully saturated rings. The van der Waals surface area contributed by atoms with Crippen molar-refractivity contribution < 1.29 is 0 Å². The molecular formula is C14H14BrN3. The Morgan fingerprint density at radius 2 is 2.28 bits per heavy atom. The number of aryl methyl sites for hydroxylation is 2. The minimum Gasteiger partial charge on any atom is -0.275 e. The fraction of sp³-hybridized carbons (Fsp3) is 0.143. The van der Waals surface area contributed by atoms with Crippen LogP contribution in [0.3, 0.4) is 0 Å². The predicted octanol–water partition coefficient (Wildman–Crippen LogP) is 3.80. The first-order chi connectivity index (χ1) is 8.60. The van der Waals surface area contributed by atoms with Crippen molar-refractivity contribution in [3.05, 3.63) is 58.8 Å². The summed E-state index contributed by atoms with van der Waals surface area (Å²) in [6.45, 7) is 5.85. The first-order valence-corrected chi connectivity index (χ1v) is 6.36. The fourth-order valence-electron chi connectivity index (χ4n) is 1.61. The van der Waals surface area contributed by atoms with Gasteiger partial charge in [-0.3, -0.25) is 4.68 Å². The Labute approximate surface area is 115 Å². The Hall–Kier alpha value is -1.68. The van der Waals surface area contributed by atoms with Gasteiger partial charge in [-0.2, -0.15) is 5.10 Å². The number of rotatable bonds is 3. The van der Waals surface area contributed by atoms with Crippen molar-refractivity contribution in [3.63, 3.8) is 0 Å². The van der Waals surface area contributed by atoms with Crippen molar-refractivity contribution >= 4 is 27.3 Å². The SMILES string of the molecule is C=CC(=Nc1cc(Br)ccc1C)c1cnn(C)c1. The lowest BCUT2D eigenvalue weighted by atomic mass is 10.2. The molecule has 18 heavy (non-hydrogen) atoms. The second kappa shape index (κ2) is 5.31. The van der Waals surface area contributed by atoms with E-state index in [-0.39, 0.29) is 0 Å². The van der Waals surface area contributed by atoms with Crippen LogP contribution in [0.1, 0.15) is 11.1 Å². The molecule has 2 rings (SSSR count). The number of aliphatic imine (C=N–C) groups is 1. The maximum Gasteiger partial charge on any atom is 0.0735 e. The summed E-state index contributed by atoms with van der Waals surface area (Å²) in [5, 5.41) is 4.15. The van der Waals surface area contributed by atoms with Crippen LogP contribution >= 0.6 is 15.9 Å². The normalized spacial score (nSPS) is 11.6. The van der Waals surface area contributed by atoms with Gasteiger partial charge in [0.1, 0.15) is 0 Å². The molecular weight excluding hydrogens is 290 g/mol. The average molecular weight is 304 g/mol. The maximum absolute atomic E-state index is 4.64. The van der Waals surface area contributed by atoms with Gasteiger partial charge in [0.05, 0.1) is 17.6 Å². The van der Waals surface area contributed by atoms with Crippen molar-refractivity contribution in [1.82, 2.24) is 9.78 Å². The van der Waals surface area contributed by atoms with Crippen LogP contribution in [0.5, 0.6) is 0 Å². The zero-order chi connectivity index (χ0) is 13.1. The van der Waals surface area contributed by atoms with E-state index >= 15 is 0 Å². The van der Waals surface area contributed by atoms with Crippen LogP contribution < -0.4 is 0 Å². The Kier molecular flexibility index (Phi) is 3.77. The monoisotopic (exact) mass is 303 g/mol. The molecule has 0 saturated carbocycles. The van der Waals surface area contributed by atoms with Gasteiger partial charge in [-0.05, 0) is 30.7 Å². The highest BCUT2D eigenvalue weighted by Crippen LogP contribution is 2.24. The van der Waals surface area contributed by atoms with Crippen molar-refractivity contribution in [2.75, 3.05) is 0 Å². The molecule has 0 unspecified atom stereocenters. The molecule has 0 aliphatic rings. The second-order valence-corrected chi connectivity index (χ2v) is 4.95. The van der Waals surface area contributed by atoms with Gasteiger partial charge in [0.25, 0.3) is 0 Å². The Morgan fingerprint density at radius 3 is 2.89 bits per heavy atom.